The summed E-state index contributed by atoms with van der Waals surface area (Å²) in [6.07, 6.45) is -1.63. The molecule has 0 fully saturated rings. The van der Waals surface area contributed by atoms with E-state index in [-0.39, 0.29) is 24.6 Å². The number of amides is 2. The number of carbonyl (C=O) groups excluding carboxylic acids is 2. The minimum absolute atomic E-state index is 0.0629. The Balaban J connectivity index is 1.35. The quantitative estimate of drug-likeness (QED) is 0.513. The predicted octanol–water partition coefficient (Wildman–Crippen LogP) is 3.90. The molecule has 0 saturated carbocycles. The van der Waals surface area contributed by atoms with Gasteiger partial charge in [-0.3, -0.25) is 4.79 Å². The van der Waals surface area contributed by atoms with Crippen molar-refractivity contribution in [3.63, 3.8) is 0 Å². The monoisotopic (exact) mass is 474 g/mol. The first-order valence-corrected chi connectivity index (χ1v) is 11.1. The van der Waals surface area contributed by atoms with Crippen molar-refractivity contribution in [3.05, 3.63) is 89.5 Å². The Bertz CT molecular complexity index is 1210. The number of anilines is 1. The largest absolute Gasteiger partial charge is 0.478 e. The van der Waals surface area contributed by atoms with Gasteiger partial charge in [-0.1, -0.05) is 54.6 Å². The summed E-state index contributed by atoms with van der Waals surface area (Å²) in [5.74, 6) is -1.59. The molecule has 0 heterocycles. The summed E-state index contributed by atoms with van der Waals surface area (Å²) < 4.78 is 10.8. The minimum Gasteiger partial charge on any atom is -0.478 e. The first-order valence-electron chi connectivity index (χ1n) is 11.1. The van der Waals surface area contributed by atoms with Gasteiger partial charge in [-0.05, 0) is 40.5 Å². The Kier molecular flexibility index (Phi) is 7.12. The number of carboxylic acid groups (broad SMARTS) is 1. The van der Waals surface area contributed by atoms with Gasteiger partial charge in [0.1, 0.15) is 6.61 Å². The molecule has 3 aromatic rings. The Morgan fingerprint density at radius 3 is 2.20 bits per heavy atom. The molecule has 0 spiro atoms. The van der Waals surface area contributed by atoms with Crippen LogP contribution < -0.4 is 10.2 Å². The van der Waals surface area contributed by atoms with Crippen molar-refractivity contribution >= 4 is 23.7 Å². The smallest absolute Gasteiger partial charge is 0.407 e. The van der Waals surface area contributed by atoms with Gasteiger partial charge < -0.3 is 24.8 Å². The van der Waals surface area contributed by atoms with E-state index in [4.69, 9.17) is 9.47 Å². The number of rotatable bonds is 8. The maximum absolute atomic E-state index is 12.9. The van der Waals surface area contributed by atoms with Crippen molar-refractivity contribution in [2.75, 3.05) is 32.2 Å². The van der Waals surface area contributed by atoms with E-state index >= 15 is 0 Å². The van der Waals surface area contributed by atoms with Crippen LogP contribution in [0.5, 0.6) is 0 Å². The Labute approximate surface area is 203 Å². The van der Waals surface area contributed by atoms with Gasteiger partial charge in [-0.15, -0.1) is 0 Å². The van der Waals surface area contributed by atoms with Gasteiger partial charge in [0.2, 0.25) is 0 Å². The summed E-state index contributed by atoms with van der Waals surface area (Å²) in [6, 6.07) is 22.1. The van der Waals surface area contributed by atoms with E-state index in [0.717, 1.165) is 22.3 Å². The third kappa shape index (κ3) is 5.02. The van der Waals surface area contributed by atoms with Crippen LogP contribution in [0.25, 0.3) is 11.1 Å². The molecule has 4 rings (SSSR count). The average molecular weight is 475 g/mol. The van der Waals surface area contributed by atoms with E-state index in [1.807, 2.05) is 36.4 Å². The number of nitrogens with zero attached hydrogens (tertiary/aromatic N) is 1. The lowest BCUT2D eigenvalue weighted by Crippen LogP contribution is -2.45. The zero-order chi connectivity index (χ0) is 24.9. The highest BCUT2D eigenvalue weighted by molar-refractivity contribution is 5.98. The van der Waals surface area contributed by atoms with E-state index in [0.29, 0.717) is 5.69 Å². The number of hydrogen-bond acceptors (Lipinski definition) is 5. The lowest BCUT2D eigenvalue weighted by atomic mass is 9.98. The molecule has 35 heavy (non-hydrogen) atoms. The highest BCUT2D eigenvalue weighted by atomic mass is 16.5. The summed E-state index contributed by atoms with van der Waals surface area (Å²) in [4.78, 5) is 37.8. The van der Waals surface area contributed by atoms with E-state index in [9.17, 15) is 19.5 Å². The summed E-state index contributed by atoms with van der Waals surface area (Å²) >= 11 is 0. The lowest BCUT2D eigenvalue weighted by Gasteiger charge is -2.23. The van der Waals surface area contributed by atoms with Gasteiger partial charge in [0, 0.05) is 25.8 Å². The topological polar surface area (TPSA) is 105 Å². The SMILES string of the molecule is COC(CNC(=O)OCC1c2ccccc2-c2ccccc21)C(=O)N(C)c1cccc(C(=O)O)c1. The van der Waals surface area contributed by atoms with E-state index in [1.54, 1.807) is 12.1 Å². The standard InChI is InChI=1S/C27H26N2O6/c1-29(18-9-7-8-17(14-18)26(31)32)25(30)24(34-2)15-28-27(33)35-16-23-21-12-5-3-10-19(21)20-11-4-6-13-22(20)23/h3-14,23-24H,15-16H2,1-2H3,(H,28,33)(H,31,32). The molecule has 2 N–H and O–H groups in total. The van der Waals surface area contributed by atoms with Gasteiger partial charge >= 0.3 is 12.1 Å². The number of carbonyl (C=O) groups is 3. The molecule has 0 bridgehead atoms. The minimum atomic E-state index is -1.09. The molecule has 1 atom stereocenters. The van der Waals surface area contributed by atoms with Gasteiger partial charge in [0.15, 0.2) is 6.10 Å². The van der Waals surface area contributed by atoms with Gasteiger partial charge in [0.25, 0.3) is 5.91 Å². The number of carboxylic acids is 1. The van der Waals surface area contributed by atoms with Crippen LogP contribution in [0, 0.1) is 0 Å². The zero-order valence-electron chi connectivity index (χ0n) is 19.4. The molecule has 0 aliphatic heterocycles. The van der Waals surface area contributed by atoms with Crippen molar-refractivity contribution < 1.29 is 29.0 Å². The van der Waals surface area contributed by atoms with Crippen LogP contribution in [-0.2, 0) is 14.3 Å². The first kappa shape index (κ1) is 24.0. The molecule has 1 aliphatic carbocycles. The second-order valence-electron chi connectivity index (χ2n) is 8.18. The van der Waals surface area contributed by atoms with Crippen LogP contribution in [0.3, 0.4) is 0 Å². The highest BCUT2D eigenvalue weighted by Gasteiger charge is 2.29. The van der Waals surface area contributed by atoms with Crippen LogP contribution >= 0.6 is 0 Å². The average Bonchev–Trinajstić information content (AvgIpc) is 3.21. The van der Waals surface area contributed by atoms with Crippen LogP contribution in [-0.4, -0.2) is 56.5 Å². The molecule has 8 nitrogen and oxygen atoms in total. The fourth-order valence-electron chi connectivity index (χ4n) is 4.29. The predicted molar refractivity (Wildman–Crippen MR) is 131 cm³/mol. The molecule has 8 heteroatoms. The molecule has 1 unspecified atom stereocenters. The maximum atomic E-state index is 12.9. The second-order valence-corrected chi connectivity index (χ2v) is 8.18. The molecule has 0 saturated heterocycles. The van der Waals surface area contributed by atoms with Crippen LogP contribution in [0.15, 0.2) is 72.8 Å². The van der Waals surface area contributed by atoms with Crippen molar-refractivity contribution in [1.29, 1.82) is 0 Å². The van der Waals surface area contributed by atoms with Crippen molar-refractivity contribution in [3.8, 4) is 11.1 Å². The Morgan fingerprint density at radius 1 is 0.971 bits per heavy atom. The molecule has 180 valence electrons. The number of alkyl carbamates (subject to hydrolysis) is 1. The number of likely N-dealkylation sites (N-methyl/N-ethyl adjacent to an activating group) is 1. The number of ether oxygens (including phenoxy) is 2. The number of nitrogens with one attached hydrogen (secondary N) is 1. The molecule has 0 radical (unpaired) electrons. The fourth-order valence-corrected chi connectivity index (χ4v) is 4.29. The summed E-state index contributed by atoms with van der Waals surface area (Å²) in [5, 5.41) is 11.8. The maximum Gasteiger partial charge on any atom is 0.407 e. The summed E-state index contributed by atoms with van der Waals surface area (Å²) in [6.45, 7) is 0.0578. The van der Waals surface area contributed by atoms with Crippen LogP contribution in [0.4, 0.5) is 10.5 Å². The van der Waals surface area contributed by atoms with Gasteiger partial charge in [-0.25, -0.2) is 9.59 Å². The van der Waals surface area contributed by atoms with Crippen molar-refractivity contribution in [2.45, 2.75) is 12.0 Å². The Morgan fingerprint density at radius 2 is 1.60 bits per heavy atom. The third-order valence-corrected chi connectivity index (χ3v) is 6.15. The molecule has 3 aromatic carbocycles. The van der Waals surface area contributed by atoms with E-state index in [1.165, 1.54) is 31.2 Å². The molecule has 0 aromatic heterocycles. The first-order chi connectivity index (χ1) is 16.9. The number of hydrogen-bond donors (Lipinski definition) is 2. The van der Waals surface area contributed by atoms with E-state index < -0.39 is 24.1 Å². The van der Waals surface area contributed by atoms with E-state index in [2.05, 4.69) is 17.4 Å². The zero-order valence-corrected chi connectivity index (χ0v) is 19.4. The van der Waals surface area contributed by atoms with Gasteiger partial charge in [0.05, 0.1) is 12.1 Å². The highest BCUT2D eigenvalue weighted by Crippen LogP contribution is 2.44. The fraction of sp³-hybridized carbons (Fsp3) is 0.222. The number of aromatic carboxylic acids is 1. The number of benzene rings is 3. The Hall–Kier alpha value is -4.17. The molecule has 1 aliphatic rings. The number of methoxy groups -OCH3 is 1. The van der Waals surface area contributed by atoms with Crippen molar-refractivity contribution in [2.24, 2.45) is 0 Å². The second kappa shape index (κ2) is 10.4. The third-order valence-electron chi connectivity index (χ3n) is 6.15. The van der Waals surface area contributed by atoms with Gasteiger partial charge in [-0.2, -0.15) is 0 Å². The molecular formula is C27H26N2O6. The molecular weight excluding hydrogens is 448 g/mol. The summed E-state index contributed by atoms with van der Waals surface area (Å²) in [5.41, 5.74) is 4.95. The lowest BCUT2D eigenvalue weighted by molar-refractivity contribution is -0.127. The number of fused-ring (bicyclic) bond motifs is 3. The van der Waals surface area contributed by atoms with Crippen LogP contribution in [0.1, 0.15) is 27.4 Å². The normalized spacial score (nSPS) is 12.9. The molecule has 2 amide bonds. The van der Waals surface area contributed by atoms with Crippen LogP contribution in [0.2, 0.25) is 0 Å². The summed E-state index contributed by atoms with van der Waals surface area (Å²) in [7, 11) is 2.88. The van der Waals surface area contributed by atoms with Crippen molar-refractivity contribution in [1.82, 2.24) is 5.32 Å².